The SMILES string of the molecule is CCCCC(=O)Nc1ccc(C(=O)Nc2ccc(S(=O)(=O)NC[C@H]3CCCO3)cc2)cc1. The lowest BCUT2D eigenvalue weighted by atomic mass is 10.1. The third kappa shape index (κ3) is 6.88. The first kappa shape index (κ1) is 23.9. The fraction of sp³-hybridized carbons (Fsp3) is 0.391. The van der Waals surface area contributed by atoms with Crippen molar-refractivity contribution in [1.82, 2.24) is 4.72 Å². The summed E-state index contributed by atoms with van der Waals surface area (Å²) in [5, 5.41) is 5.54. The van der Waals surface area contributed by atoms with Crippen LogP contribution in [-0.2, 0) is 19.6 Å². The average molecular weight is 460 g/mol. The van der Waals surface area contributed by atoms with E-state index >= 15 is 0 Å². The Kier molecular flexibility index (Phi) is 8.38. The van der Waals surface area contributed by atoms with E-state index < -0.39 is 10.0 Å². The van der Waals surface area contributed by atoms with E-state index in [-0.39, 0.29) is 29.4 Å². The molecule has 0 bridgehead atoms. The first-order chi connectivity index (χ1) is 15.4. The van der Waals surface area contributed by atoms with E-state index in [0.717, 1.165) is 25.7 Å². The van der Waals surface area contributed by atoms with Crippen LogP contribution >= 0.6 is 0 Å². The molecule has 0 radical (unpaired) electrons. The normalized spacial score (nSPS) is 16.0. The lowest BCUT2D eigenvalue weighted by Crippen LogP contribution is -2.31. The van der Waals surface area contributed by atoms with Gasteiger partial charge in [0.1, 0.15) is 0 Å². The zero-order valence-corrected chi connectivity index (χ0v) is 18.9. The Hall–Kier alpha value is -2.75. The molecule has 2 amide bonds. The molecule has 1 saturated heterocycles. The molecule has 1 fully saturated rings. The quantitative estimate of drug-likeness (QED) is 0.503. The number of carbonyl (C=O) groups is 2. The van der Waals surface area contributed by atoms with Gasteiger partial charge in [0.25, 0.3) is 5.91 Å². The van der Waals surface area contributed by atoms with Gasteiger partial charge in [0, 0.05) is 36.5 Å². The topological polar surface area (TPSA) is 114 Å². The van der Waals surface area contributed by atoms with Crippen LogP contribution in [0.15, 0.2) is 53.4 Å². The molecular formula is C23H29N3O5S. The van der Waals surface area contributed by atoms with Crippen LogP contribution in [0.3, 0.4) is 0 Å². The summed E-state index contributed by atoms with van der Waals surface area (Å²) in [4.78, 5) is 24.4. The molecule has 0 unspecified atom stereocenters. The number of ether oxygens (including phenoxy) is 1. The molecule has 3 rings (SSSR count). The monoisotopic (exact) mass is 459 g/mol. The van der Waals surface area contributed by atoms with Gasteiger partial charge < -0.3 is 15.4 Å². The Morgan fingerprint density at radius 3 is 2.28 bits per heavy atom. The Labute approximate surface area is 188 Å². The Bertz CT molecular complexity index is 1010. The van der Waals surface area contributed by atoms with Crippen molar-refractivity contribution in [2.24, 2.45) is 0 Å². The molecule has 3 N–H and O–H groups in total. The Morgan fingerprint density at radius 1 is 1.00 bits per heavy atom. The van der Waals surface area contributed by atoms with Crippen LogP contribution < -0.4 is 15.4 Å². The number of anilines is 2. The van der Waals surface area contributed by atoms with Crippen molar-refractivity contribution in [2.45, 2.75) is 50.0 Å². The summed E-state index contributed by atoms with van der Waals surface area (Å²) in [5.74, 6) is -0.384. The highest BCUT2D eigenvalue weighted by Crippen LogP contribution is 2.17. The summed E-state index contributed by atoms with van der Waals surface area (Å²) < 4.78 is 32.9. The average Bonchev–Trinajstić information content (AvgIpc) is 3.31. The van der Waals surface area contributed by atoms with E-state index in [4.69, 9.17) is 4.74 Å². The number of benzene rings is 2. The number of amides is 2. The van der Waals surface area contributed by atoms with Gasteiger partial charge >= 0.3 is 0 Å². The van der Waals surface area contributed by atoms with Crippen LogP contribution in [-0.4, -0.2) is 39.5 Å². The Balaban J connectivity index is 1.54. The van der Waals surface area contributed by atoms with Gasteiger partial charge in [0.2, 0.25) is 15.9 Å². The van der Waals surface area contributed by atoms with Crippen molar-refractivity contribution in [3.63, 3.8) is 0 Å². The number of sulfonamides is 1. The number of carbonyl (C=O) groups excluding carboxylic acids is 2. The lowest BCUT2D eigenvalue weighted by Gasteiger charge is -2.12. The highest BCUT2D eigenvalue weighted by Gasteiger charge is 2.20. The molecule has 0 aliphatic carbocycles. The summed E-state index contributed by atoms with van der Waals surface area (Å²) in [5.41, 5.74) is 1.53. The number of rotatable bonds is 10. The maximum Gasteiger partial charge on any atom is 0.255 e. The van der Waals surface area contributed by atoms with Crippen molar-refractivity contribution in [2.75, 3.05) is 23.8 Å². The highest BCUT2D eigenvalue weighted by molar-refractivity contribution is 7.89. The fourth-order valence-corrected chi connectivity index (χ4v) is 4.34. The van der Waals surface area contributed by atoms with E-state index in [2.05, 4.69) is 15.4 Å². The standard InChI is InChI=1S/C23H29N3O5S/c1-2-3-6-22(27)25-18-9-7-17(8-10-18)23(28)26-19-11-13-21(14-12-19)32(29,30)24-16-20-5-4-15-31-20/h7-14,20,24H,2-6,15-16H2,1H3,(H,25,27)(H,26,28)/t20-/m1/s1. The minimum atomic E-state index is -3.64. The molecular weight excluding hydrogens is 430 g/mol. The van der Waals surface area contributed by atoms with Crippen LogP contribution in [0.25, 0.3) is 0 Å². The van der Waals surface area contributed by atoms with Gasteiger partial charge in [-0.1, -0.05) is 13.3 Å². The van der Waals surface area contributed by atoms with Gasteiger partial charge in [-0.15, -0.1) is 0 Å². The van der Waals surface area contributed by atoms with Crippen molar-refractivity contribution in [3.8, 4) is 0 Å². The van der Waals surface area contributed by atoms with Gasteiger partial charge in [0.05, 0.1) is 11.0 Å². The maximum atomic E-state index is 12.5. The minimum absolute atomic E-state index is 0.0515. The van der Waals surface area contributed by atoms with Crippen molar-refractivity contribution >= 4 is 33.2 Å². The van der Waals surface area contributed by atoms with Crippen LogP contribution in [0, 0.1) is 0 Å². The van der Waals surface area contributed by atoms with E-state index in [1.54, 1.807) is 36.4 Å². The second kappa shape index (κ2) is 11.2. The number of hydrogen-bond acceptors (Lipinski definition) is 5. The van der Waals surface area contributed by atoms with Crippen LogP contribution in [0.4, 0.5) is 11.4 Å². The van der Waals surface area contributed by atoms with Crippen LogP contribution in [0.5, 0.6) is 0 Å². The van der Waals surface area contributed by atoms with Gasteiger partial charge in [-0.05, 0) is 67.8 Å². The molecule has 1 heterocycles. The Morgan fingerprint density at radius 2 is 1.66 bits per heavy atom. The zero-order chi connectivity index (χ0) is 23.0. The number of unbranched alkanes of at least 4 members (excludes halogenated alkanes) is 1. The maximum absolute atomic E-state index is 12.5. The molecule has 2 aromatic rings. The molecule has 1 aliphatic rings. The summed E-state index contributed by atoms with van der Waals surface area (Å²) in [7, 11) is -3.64. The lowest BCUT2D eigenvalue weighted by molar-refractivity contribution is -0.116. The largest absolute Gasteiger partial charge is 0.377 e. The predicted octanol–water partition coefficient (Wildman–Crippen LogP) is 3.52. The fourth-order valence-electron chi connectivity index (χ4n) is 3.28. The second-order valence-corrected chi connectivity index (χ2v) is 9.46. The highest BCUT2D eigenvalue weighted by atomic mass is 32.2. The minimum Gasteiger partial charge on any atom is -0.377 e. The van der Waals surface area contributed by atoms with E-state index in [1.807, 2.05) is 6.92 Å². The smallest absolute Gasteiger partial charge is 0.255 e. The summed E-state index contributed by atoms with van der Waals surface area (Å²) in [6.45, 7) is 2.93. The molecule has 2 aromatic carbocycles. The van der Waals surface area contributed by atoms with E-state index in [1.165, 1.54) is 12.1 Å². The summed E-state index contributed by atoms with van der Waals surface area (Å²) >= 11 is 0. The molecule has 0 spiro atoms. The third-order valence-electron chi connectivity index (χ3n) is 5.14. The van der Waals surface area contributed by atoms with E-state index in [9.17, 15) is 18.0 Å². The first-order valence-electron chi connectivity index (χ1n) is 10.8. The van der Waals surface area contributed by atoms with Gasteiger partial charge in [-0.2, -0.15) is 0 Å². The van der Waals surface area contributed by atoms with Crippen LogP contribution in [0.2, 0.25) is 0 Å². The molecule has 1 atom stereocenters. The van der Waals surface area contributed by atoms with Gasteiger partial charge in [0.15, 0.2) is 0 Å². The molecule has 1 aliphatic heterocycles. The molecule has 172 valence electrons. The first-order valence-corrected chi connectivity index (χ1v) is 12.3. The van der Waals surface area contributed by atoms with E-state index in [0.29, 0.717) is 30.0 Å². The van der Waals surface area contributed by atoms with Crippen molar-refractivity contribution in [1.29, 1.82) is 0 Å². The third-order valence-corrected chi connectivity index (χ3v) is 6.58. The molecule has 32 heavy (non-hydrogen) atoms. The summed E-state index contributed by atoms with van der Waals surface area (Å²) in [6.07, 6.45) is 3.95. The molecule has 0 aromatic heterocycles. The molecule has 9 heteroatoms. The molecule has 8 nitrogen and oxygen atoms in total. The van der Waals surface area contributed by atoms with Crippen LogP contribution in [0.1, 0.15) is 49.4 Å². The van der Waals surface area contributed by atoms with Gasteiger partial charge in [-0.25, -0.2) is 13.1 Å². The zero-order valence-electron chi connectivity index (χ0n) is 18.1. The predicted molar refractivity (Wildman–Crippen MR) is 123 cm³/mol. The summed E-state index contributed by atoms with van der Waals surface area (Å²) in [6, 6.07) is 12.6. The van der Waals surface area contributed by atoms with Crippen molar-refractivity contribution < 1.29 is 22.7 Å². The second-order valence-electron chi connectivity index (χ2n) is 7.69. The van der Waals surface area contributed by atoms with Gasteiger partial charge in [-0.3, -0.25) is 9.59 Å². The number of hydrogen-bond donors (Lipinski definition) is 3. The molecule has 0 saturated carbocycles. The number of nitrogens with one attached hydrogen (secondary N) is 3. The van der Waals surface area contributed by atoms with Crippen molar-refractivity contribution in [3.05, 3.63) is 54.1 Å².